The van der Waals surface area contributed by atoms with Crippen molar-refractivity contribution in [1.82, 2.24) is 0 Å². The molecule has 0 amide bonds. The Bertz CT molecular complexity index is 569. The van der Waals surface area contributed by atoms with Gasteiger partial charge in [0, 0.05) is 5.56 Å². The van der Waals surface area contributed by atoms with Crippen LogP contribution in [0, 0.1) is 11.8 Å². The summed E-state index contributed by atoms with van der Waals surface area (Å²) in [5.74, 6) is 6.94. The fourth-order valence-electron chi connectivity index (χ4n) is 1.50. The van der Waals surface area contributed by atoms with Crippen molar-refractivity contribution in [3.8, 4) is 17.6 Å². The van der Waals surface area contributed by atoms with E-state index in [0.29, 0.717) is 0 Å². The van der Waals surface area contributed by atoms with Crippen LogP contribution in [0.5, 0.6) is 5.75 Å². The summed E-state index contributed by atoms with van der Waals surface area (Å²) in [4.78, 5) is 0. The van der Waals surface area contributed by atoms with Crippen LogP contribution in [0.3, 0.4) is 0 Å². The minimum absolute atomic E-state index is 0.848. The molecule has 0 fully saturated rings. The second-order valence-corrected chi connectivity index (χ2v) is 3.74. The first-order chi connectivity index (χ1) is 8.88. The Morgan fingerprint density at radius 2 is 1.67 bits per heavy atom. The normalized spacial score (nSPS) is 9.83. The third-order valence-corrected chi connectivity index (χ3v) is 2.47. The van der Waals surface area contributed by atoms with Gasteiger partial charge in [-0.2, -0.15) is 0 Å². The fourth-order valence-corrected chi connectivity index (χ4v) is 1.50. The van der Waals surface area contributed by atoms with Crippen LogP contribution in [0.1, 0.15) is 11.1 Å². The van der Waals surface area contributed by atoms with Gasteiger partial charge in [0.1, 0.15) is 5.75 Å². The molecule has 0 saturated carbocycles. The SMILES string of the molecule is COc1ccc(C#C/C=C\c2ccccc2)cc1. The standard InChI is InChI=1S/C17H14O/c1-18-17-13-11-16(12-14-17)10-6-5-9-15-7-3-2-4-8-15/h2-5,7-9,11-14H,1H3/b9-5-. The molecule has 0 N–H and O–H groups in total. The summed E-state index contributed by atoms with van der Waals surface area (Å²) in [5.41, 5.74) is 2.13. The Balaban J connectivity index is 2.01. The quantitative estimate of drug-likeness (QED) is 0.719. The van der Waals surface area contributed by atoms with Crippen LogP contribution in [0.4, 0.5) is 0 Å². The molecule has 0 heterocycles. The average Bonchev–Trinajstić information content (AvgIpc) is 2.45. The second kappa shape index (κ2) is 6.32. The molecule has 0 aliphatic carbocycles. The molecule has 0 bridgehead atoms. The number of allylic oxidation sites excluding steroid dienone is 1. The number of hydrogen-bond donors (Lipinski definition) is 0. The molecule has 0 aliphatic heterocycles. The van der Waals surface area contributed by atoms with Gasteiger partial charge in [-0.15, -0.1) is 0 Å². The van der Waals surface area contributed by atoms with Crippen molar-refractivity contribution in [2.24, 2.45) is 0 Å². The minimum atomic E-state index is 0.848. The van der Waals surface area contributed by atoms with Crippen molar-refractivity contribution in [1.29, 1.82) is 0 Å². The van der Waals surface area contributed by atoms with E-state index in [2.05, 4.69) is 11.8 Å². The number of rotatable bonds is 2. The van der Waals surface area contributed by atoms with Gasteiger partial charge >= 0.3 is 0 Å². The number of hydrogen-bond acceptors (Lipinski definition) is 1. The van der Waals surface area contributed by atoms with Crippen molar-refractivity contribution in [3.63, 3.8) is 0 Å². The zero-order chi connectivity index (χ0) is 12.6. The maximum Gasteiger partial charge on any atom is 0.118 e. The molecule has 2 aromatic rings. The van der Waals surface area contributed by atoms with E-state index in [0.717, 1.165) is 16.9 Å². The van der Waals surface area contributed by atoms with Gasteiger partial charge in [-0.1, -0.05) is 42.2 Å². The predicted octanol–water partition coefficient (Wildman–Crippen LogP) is 3.76. The van der Waals surface area contributed by atoms with E-state index in [1.54, 1.807) is 7.11 Å². The lowest BCUT2D eigenvalue weighted by Gasteiger charge is -1.97. The van der Waals surface area contributed by atoms with Gasteiger partial charge in [0.25, 0.3) is 0 Å². The Kier molecular flexibility index (Phi) is 4.22. The highest BCUT2D eigenvalue weighted by Crippen LogP contribution is 2.10. The topological polar surface area (TPSA) is 9.23 Å². The van der Waals surface area contributed by atoms with Crippen molar-refractivity contribution in [2.75, 3.05) is 7.11 Å². The Morgan fingerprint density at radius 1 is 0.944 bits per heavy atom. The summed E-state index contributed by atoms with van der Waals surface area (Å²) in [6.45, 7) is 0. The molecule has 0 atom stereocenters. The molecule has 0 saturated heterocycles. The van der Waals surface area contributed by atoms with Crippen LogP contribution in [0.2, 0.25) is 0 Å². The van der Waals surface area contributed by atoms with Crippen LogP contribution < -0.4 is 4.74 Å². The Morgan fingerprint density at radius 3 is 2.33 bits per heavy atom. The first kappa shape index (κ1) is 12.0. The molecule has 0 radical (unpaired) electrons. The number of benzene rings is 2. The maximum absolute atomic E-state index is 5.09. The fraction of sp³-hybridized carbons (Fsp3) is 0.0588. The molecule has 0 aromatic heterocycles. The van der Waals surface area contributed by atoms with Crippen LogP contribution in [-0.2, 0) is 0 Å². The zero-order valence-corrected chi connectivity index (χ0v) is 10.3. The molecule has 88 valence electrons. The van der Waals surface area contributed by atoms with Crippen molar-refractivity contribution >= 4 is 6.08 Å². The smallest absolute Gasteiger partial charge is 0.118 e. The average molecular weight is 234 g/mol. The van der Waals surface area contributed by atoms with Crippen molar-refractivity contribution < 1.29 is 4.74 Å². The summed E-state index contributed by atoms with van der Waals surface area (Å²) >= 11 is 0. The van der Waals surface area contributed by atoms with Gasteiger partial charge in [-0.3, -0.25) is 0 Å². The lowest BCUT2D eigenvalue weighted by atomic mass is 10.2. The van der Waals surface area contributed by atoms with E-state index in [1.807, 2.05) is 66.7 Å². The van der Waals surface area contributed by atoms with Gasteiger partial charge in [-0.05, 0) is 42.0 Å². The lowest BCUT2D eigenvalue weighted by Crippen LogP contribution is -1.81. The highest BCUT2D eigenvalue weighted by atomic mass is 16.5. The monoisotopic (exact) mass is 234 g/mol. The van der Waals surface area contributed by atoms with Crippen molar-refractivity contribution in [3.05, 3.63) is 71.8 Å². The van der Waals surface area contributed by atoms with Crippen LogP contribution in [0.15, 0.2) is 60.7 Å². The summed E-state index contributed by atoms with van der Waals surface area (Å²) in [5, 5.41) is 0. The molecule has 0 aliphatic rings. The molecular formula is C17H14O. The highest BCUT2D eigenvalue weighted by Gasteiger charge is 1.88. The predicted molar refractivity (Wildman–Crippen MR) is 75.3 cm³/mol. The molecule has 2 aromatic carbocycles. The molecule has 0 spiro atoms. The number of ether oxygens (including phenoxy) is 1. The minimum Gasteiger partial charge on any atom is -0.497 e. The summed E-state index contributed by atoms with van der Waals surface area (Å²) in [6, 6.07) is 17.8. The van der Waals surface area contributed by atoms with E-state index >= 15 is 0 Å². The molecule has 0 unspecified atom stereocenters. The van der Waals surface area contributed by atoms with Gasteiger partial charge in [0.15, 0.2) is 0 Å². The summed E-state index contributed by atoms with van der Waals surface area (Å²) in [6.07, 6.45) is 3.86. The van der Waals surface area contributed by atoms with E-state index in [-0.39, 0.29) is 0 Å². The van der Waals surface area contributed by atoms with E-state index < -0.39 is 0 Å². The second-order valence-electron chi connectivity index (χ2n) is 3.74. The molecular weight excluding hydrogens is 220 g/mol. The van der Waals surface area contributed by atoms with E-state index in [1.165, 1.54) is 0 Å². The van der Waals surface area contributed by atoms with Gasteiger partial charge < -0.3 is 4.74 Å². The molecule has 1 nitrogen and oxygen atoms in total. The summed E-state index contributed by atoms with van der Waals surface area (Å²) in [7, 11) is 1.66. The maximum atomic E-state index is 5.09. The largest absolute Gasteiger partial charge is 0.497 e. The van der Waals surface area contributed by atoms with Crippen molar-refractivity contribution in [2.45, 2.75) is 0 Å². The van der Waals surface area contributed by atoms with E-state index in [4.69, 9.17) is 4.74 Å². The molecule has 2 rings (SSSR count). The first-order valence-corrected chi connectivity index (χ1v) is 5.76. The number of methoxy groups -OCH3 is 1. The van der Waals surface area contributed by atoms with Gasteiger partial charge in [0.05, 0.1) is 7.11 Å². The van der Waals surface area contributed by atoms with Crippen LogP contribution in [-0.4, -0.2) is 7.11 Å². The molecule has 1 heteroatoms. The Labute approximate surface area is 108 Å². The molecule has 18 heavy (non-hydrogen) atoms. The lowest BCUT2D eigenvalue weighted by molar-refractivity contribution is 0.415. The zero-order valence-electron chi connectivity index (χ0n) is 10.3. The highest BCUT2D eigenvalue weighted by molar-refractivity contribution is 5.53. The third-order valence-electron chi connectivity index (χ3n) is 2.47. The van der Waals surface area contributed by atoms with E-state index in [9.17, 15) is 0 Å². The van der Waals surface area contributed by atoms with Gasteiger partial charge in [-0.25, -0.2) is 0 Å². The summed E-state index contributed by atoms with van der Waals surface area (Å²) < 4.78 is 5.09. The first-order valence-electron chi connectivity index (χ1n) is 5.76. The van der Waals surface area contributed by atoms with Gasteiger partial charge in [0.2, 0.25) is 0 Å². The third kappa shape index (κ3) is 3.54. The van der Waals surface area contributed by atoms with Crippen LogP contribution in [0.25, 0.3) is 6.08 Å². The Hall–Kier alpha value is -2.46. The van der Waals surface area contributed by atoms with Crippen LogP contribution >= 0.6 is 0 Å².